The minimum atomic E-state index is 0.610. The Morgan fingerprint density at radius 1 is 1.19 bits per heavy atom. The van der Waals surface area contributed by atoms with Crippen LogP contribution in [0.2, 0.25) is 0 Å². The SMILES string of the molecule is CC1=CC=CC2=Cc3c(C)cccc3CC12. The lowest BCUT2D eigenvalue weighted by Crippen LogP contribution is -2.15. The van der Waals surface area contributed by atoms with Crippen molar-refractivity contribution in [2.45, 2.75) is 20.3 Å². The molecule has 0 aliphatic heterocycles. The second kappa shape index (κ2) is 3.48. The fourth-order valence-electron chi connectivity index (χ4n) is 2.75. The maximum absolute atomic E-state index is 2.37. The van der Waals surface area contributed by atoms with Crippen molar-refractivity contribution in [3.05, 3.63) is 64.3 Å². The summed E-state index contributed by atoms with van der Waals surface area (Å²) in [5.74, 6) is 0.610. The van der Waals surface area contributed by atoms with Gasteiger partial charge in [-0.1, -0.05) is 48.1 Å². The molecule has 80 valence electrons. The molecule has 2 aliphatic carbocycles. The fraction of sp³-hybridized carbons (Fsp3) is 0.250. The average Bonchev–Trinajstić information content (AvgIpc) is 2.29. The summed E-state index contributed by atoms with van der Waals surface area (Å²) in [5, 5.41) is 0. The third kappa shape index (κ3) is 1.37. The Hall–Kier alpha value is -1.56. The lowest BCUT2D eigenvalue weighted by Gasteiger charge is -2.28. The number of rotatable bonds is 0. The van der Waals surface area contributed by atoms with E-state index < -0.39 is 0 Å². The molecule has 1 unspecified atom stereocenters. The van der Waals surface area contributed by atoms with Gasteiger partial charge in [-0.25, -0.2) is 0 Å². The smallest absolute Gasteiger partial charge is 0.00893 e. The van der Waals surface area contributed by atoms with Crippen molar-refractivity contribution in [2.24, 2.45) is 5.92 Å². The van der Waals surface area contributed by atoms with E-state index in [1.165, 1.54) is 27.8 Å². The van der Waals surface area contributed by atoms with Gasteiger partial charge in [-0.15, -0.1) is 0 Å². The Morgan fingerprint density at radius 3 is 2.94 bits per heavy atom. The Labute approximate surface area is 97.0 Å². The first-order valence-corrected chi connectivity index (χ1v) is 5.90. The van der Waals surface area contributed by atoms with Crippen molar-refractivity contribution in [1.82, 2.24) is 0 Å². The second-order valence-corrected chi connectivity index (χ2v) is 4.82. The summed E-state index contributed by atoms with van der Waals surface area (Å²) in [6.07, 6.45) is 10.2. The Balaban J connectivity index is 2.16. The van der Waals surface area contributed by atoms with Gasteiger partial charge in [0.05, 0.1) is 0 Å². The molecule has 0 amide bonds. The normalized spacial score (nSPS) is 22.0. The highest BCUT2D eigenvalue weighted by molar-refractivity contribution is 5.67. The molecule has 0 fully saturated rings. The van der Waals surface area contributed by atoms with Crippen molar-refractivity contribution in [1.29, 1.82) is 0 Å². The number of benzene rings is 1. The first-order chi connectivity index (χ1) is 7.75. The quantitative estimate of drug-likeness (QED) is 0.603. The van der Waals surface area contributed by atoms with E-state index >= 15 is 0 Å². The molecule has 1 atom stereocenters. The highest BCUT2D eigenvalue weighted by Gasteiger charge is 2.23. The average molecular weight is 208 g/mol. The molecule has 0 saturated carbocycles. The first-order valence-electron chi connectivity index (χ1n) is 5.90. The topological polar surface area (TPSA) is 0 Å². The van der Waals surface area contributed by atoms with Crippen molar-refractivity contribution < 1.29 is 0 Å². The standard InChI is InChI=1S/C16H16/c1-11-5-3-7-13-10-16-12(2)6-4-8-14(16)9-15(11)13/h3-9,16H,10H2,1-2H3. The van der Waals surface area contributed by atoms with Crippen LogP contribution in [-0.2, 0) is 6.42 Å². The molecule has 0 radical (unpaired) electrons. The van der Waals surface area contributed by atoms with Crippen molar-refractivity contribution >= 4 is 6.08 Å². The molecule has 2 aliphatic rings. The largest absolute Gasteiger partial charge is 0.0655 e. The fourth-order valence-corrected chi connectivity index (χ4v) is 2.75. The van der Waals surface area contributed by atoms with Gasteiger partial charge in [0.15, 0.2) is 0 Å². The van der Waals surface area contributed by atoms with E-state index in [0.29, 0.717) is 5.92 Å². The van der Waals surface area contributed by atoms with E-state index in [9.17, 15) is 0 Å². The minimum absolute atomic E-state index is 0.610. The lowest BCUT2D eigenvalue weighted by molar-refractivity contribution is 0.710. The predicted molar refractivity (Wildman–Crippen MR) is 69.2 cm³/mol. The monoisotopic (exact) mass is 208 g/mol. The molecular formula is C16H16. The van der Waals surface area contributed by atoms with Crippen LogP contribution in [0.1, 0.15) is 23.6 Å². The van der Waals surface area contributed by atoms with Gasteiger partial charge in [-0.05, 0) is 42.5 Å². The van der Waals surface area contributed by atoms with E-state index in [4.69, 9.17) is 0 Å². The van der Waals surface area contributed by atoms with Crippen LogP contribution in [0.25, 0.3) is 6.08 Å². The van der Waals surface area contributed by atoms with Crippen LogP contribution < -0.4 is 0 Å². The molecule has 1 aromatic rings. The van der Waals surface area contributed by atoms with Crippen molar-refractivity contribution in [3.63, 3.8) is 0 Å². The number of allylic oxidation sites excluding steroid dienone is 5. The zero-order chi connectivity index (χ0) is 11.1. The highest BCUT2D eigenvalue weighted by atomic mass is 14.3. The van der Waals surface area contributed by atoms with Crippen LogP contribution in [0.5, 0.6) is 0 Å². The van der Waals surface area contributed by atoms with Gasteiger partial charge in [0.2, 0.25) is 0 Å². The molecule has 0 saturated heterocycles. The van der Waals surface area contributed by atoms with Crippen LogP contribution in [-0.4, -0.2) is 0 Å². The molecule has 0 heteroatoms. The molecule has 1 aromatic carbocycles. The van der Waals surface area contributed by atoms with E-state index in [1.807, 2.05) is 0 Å². The molecule has 16 heavy (non-hydrogen) atoms. The lowest BCUT2D eigenvalue weighted by atomic mass is 9.77. The van der Waals surface area contributed by atoms with Crippen molar-refractivity contribution in [2.75, 3.05) is 0 Å². The molecule has 0 nitrogen and oxygen atoms in total. The molecule has 0 bridgehead atoms. The Bertz CT molecular complexity index is 527. The molecular weight excluding hydrogens is 192 g/mol. The number of aryl methyl sites for hydroxylation is 1. The van der Waals surface area contributed by atoms with Crippen LogP contribution in [0, 0.1) is 12.8 Å². The predicted octanol–water partition coefficient (Wildman–Crippen LogP) is 4.07. The summed E-state index contributed by atoms with van der Waals surface area (Å²) in [5.41, 5.74) is 7.29. The Morgan fingerprint density at radius 2 is 2.06 bits per heavy atom. The van der Waals surface area contributed by atoms with E-state index in [-0.39, 0.29) is 0 Å². The summed E-state index contributed by atoms with van der Waals surface area (Å²) in [7, 11) is 0. The molecule has 3 rings (SSSR count). The molecule has 0 spiro atoms. The number of hydrogen-bond donors (Lipinski definition) is 0. The summed E-state index contributed by atoms with van der Waals surface area (Å²) < 4.78 is 0. The summed E-state index contributed by atoms with van der Waals surface area (Å²) in [4.78, 5) is 0. The van der Waals surface area contributed by atoms with Crippen LogP contribution >= 0.6 is 0 Å². The first kappa shape index (κ1) is 9.65. The zero-order valence-corrected chi connectivity index (χ0v) is 9.83. The minimum Gasteiger partial charge on any atom is -0.0655 e. The van der Waals surface area contributed by atoms with Crippen LogP contribution in [0.15, 0.2) is 47.6 Å². The van der Waals surface area contributed by atoms with E-state index in [2.05, 4.69) is 56.4 Å². The molecule has 0 heterocycles. The van der Waals surface area contributed by atoms with E-state index in [0.717, 1.165) is 6.42 Å². The Kier molecular flexibility index (Phi) is 2.10. The maximum atomic E-state index is 2.37. The summed E-state index contributed by atoms with van der Waals surface area (Å²) in [6, 6.07) is 6.64. The molecule has 0 N–H and O–H groups in total. The summed E-state index contributed by atoms with van der Waals surface area (Å²) in [6.45, 7) is 4.44. The highest BCUT2D eigenvalue weighted by Crippen LogP contribution is 2.36. The van der Waals surface area contributed by atoms with Gasteiger partial charge in [0, 0.05) is 5.92 Å². The molecule has 0 aromatic heterocycles. The van der Waals surface area contributed by atoms with Gasteiger partial charge in [0.25, 0.3) is 0 Å². The number of hydrogen-bond acceptors (Lipinski definition) is 0. The van der Waals surface area contributed by atoms with Crippen LogP contribution in [0.3, 0.4) is 0 Å². The van der Waals surface area contributed by atoms with Gasteiger partial charge in [-0.3, -0.25) is 0 Å². The number of fused-ring (bicyclic) bond motifs is 2. The third-order valence-electron chi connectivity index (χ3n) is 3.75. The van der Waals surface area contributed by atoms with Crippen molar-refractivity contribution in [3.8, 4) is 0 Å². The van der Waals surface area contributed by atoms with Gasteiger partial charge >= 0.3 is 0 Å². The second-order valence-electron chi connectivity index (χ2n) is 4.82. The van der Waals surface area contributed by atoms with Gasteiger partial charge in [-0.2, -0.15) is 0 Å². The summed E-state index contributed by atoms with van der Waals surface area (Å²) >= 11 is 0. The van der Waals surface area contributed by atoms with Crippen LogP contribution in [0.4, 0.5) is 0 Å². The van der Waals surface area contributed by atoms with E-state index in [1.54, 1.807) is 0 Å². The zero-order valence-electron chi connectivity index (χ0n) is 9.83. The van der Waals surface area contributed by atoms with Gasteiger partial charge in [0.1, 0.15) is 0 Å². The van der Waals surface area contributed by atoms with Gasteiger partial charge < -0.3 is 0 Å². The maximum Gasteiger partial charge on any atom is 0.00893 e. The third-order valence-corrected chi connectivity index (χ3v) is 3.75.